The third-order valence-corrected chi connectivity index (χ3v) is 5.42. The first-order valence-corrected chi connectivity index (χ1v) is 10.6. The SMILES string of the molecule is CN(C)c1ccc(C(=O)c2ccccc2C(=O)NCc2cccc3c2OCCO3)cc1[N+](=O)[O-]. The number of nitrogens with zero attached hydrogens (tertiary/aromatic N) is 2. The van der Waals surface area contributed by atoms with Gasteiger partial charge < -0.3 is 19.7 Å². The van der Waals surface area contributed by atoms with Gasteiger partial charge in [-0.15, -0.1) is 0 Å². The van der Waals surface area contributed by atoms with Crippen molar-refractivity contribution in [2.75, 3.05) is 32.2 Å². The third kappa shape index (κ3) is 4.54. The van der Waals surface area contributed by atoms with Gasteiger partial charge in [-0.05, 0) is 24.3 Å². The van der Waals surface area contributed by atoms with E-state index in [1.54, 1.807) is 43.3 Å². The summed E-state index contributed by atoms with van der Waals surface area (Å²) in [7, 11) is 3.37. The maximum Gasteiger partial charge on any atom is 0.293 e. The second-order valence-corrected chi connectivity index (χ2v) is 7.85. The van der Waals surface area contributed by atoms with Crippen LogP contribution in [0.2, 0.25) is 0 Å². The van der Waals surface area contributed by atoms with Gasteiger partial charge in [-0.3, -0.25) is 19.7 Å². The molecule has 9 nitrogen and oxygen atoms in total. The van der Waals surface area contributed by atoms with E-state index in [2.05, 4.69) is 5.32 Å². The number of anilines is 1. The molecule has 1 heterocycles. The summed E-state index contributed by atoms with van der Waals surface area (Å²) in [5, 5.41) is 14.3. The van der Waals surface area contributed by atoms with E-state index in [9.17, 15) is 19.7 Å². The highest BCUT2D eigenvalue weighted by Gasteiger charge is 2.23. The Morgan fingerprint density at radius 2 is 1.74 bits per heavy atom. The molecular formula is C25H23N3O6. The van der Waals surface area contributed by atoms with Gasteiger partial charge >= 0.3 is 0 Å². The van der Waals surface area contributed by atoms with Crippen LogP contribution in [-0.2, 0) is 6.54 Å². The molecule has 0 saturated heterocycles. The molecule has 0 spiro atoms. The van der Waals surface area contributed by atoms with E-state index in [1.165, 1.54) is 24.3 Å². The van der Waals surface area contributed by atoms with Gasteiger partial charge in [-0.25, -0.2) is 0 Å². The first kappa shape index (κ1) is 22.8. The molecular weight excluding hydrogens is 438 g/mol. The number of fused-ring (bicyclic) bond motifs is 1. The van der Waals surface area contributed by atoms with Gasteiger partial charge in [0.25, 0.3) is 11.6 Å². The predicted octanol–water partition coefficient (Wildman–Crippen LogP) is 3.59. The topological polar surface area (TPSA) is 111 Å². The van der Waals surface area contributed by atoms with E-state index in [-0.39, 0.29) is 28.9 Å². The predicted molar refractivity (Wildman–Crippen MR) is 126 cm³/mol. The molecule has 0 unspecified atom stereocenters. The zero-order valence-electron chi connectivity index (χ0n) is 18.7. The van der Waals surface area contributed by atoms with Crippen LogP contribution in [-0.4, -0.2) is 43.9 Å². The molecule has 0 bridgehead atoms. The molecule has 1 amide bonds. The van der Waals surface area contributed by atoms with Crippen molar-refractivity contribution in [2.24, 2.45) is 0 Å². The summed E-state index contributed by atoms with van der Waals surface area (Å²) >= 11 is 0. The Morgan fingerprint density at radius 3 is 2.47 bits per heavy atom. The van der Waals surface area contributed by atoms with Crippen LogP contribution in [0.1, 0.15) is 31.8 Å². The summed E-state index contributed by atoms with van der Waals surface area (Å²) < 4.78 is 11.3. The van der Waals surface area contributed by atoms with Crippen molar-refractivity contribution >= 4 is 23.1 Å². The fraction of sp³-hybridized carbons (Fsp3) is 0.200. The van der Waals surface area contributed by atoms with Crippen LogP contribution in [0.5, 0.6) is 11.5 Å². The summed E-state index contributed by atoms with van der Waals surface area (Å²) in [6.07, 6.45) is 0. The molecule has 4 rings (SSSR count). The normalized spacial score (nSPS) is 12.1. The van der Waals surface area contributed by atoms with Crippen molar-refractivity contribution in [2.45, 2.75) is 6.54 Å². The Balaban J connectivity index is 1.59. The molecule has 0 aromatic heterocycles. The Kier molecular flexibility index (Phi) is 6.44. The van der Waals surface area contributed by atoms with Crippen molar-refractivity contribution < 1.29 is 24.0 Å². The lowest BCUT2D eigenvalue weighted by Gasteiger charge is -2.21. The fourth-order valence-electron chi connectivity index (χ4n) is 3.77. The quantitative estimate of drug-likeness (QED) is 0.325. The maximum absolute atomic E-state index is 13.2. The molecule has 0 radical (unpaired) electrons. The zero-order valence-corrected chi connectivity index (χ0v) is 18.7. The monoisotopic (exact) mass is 461 g/mol. The van der Waals surface area contributed by atoms with Gasteiger partial charge in [0.2, 0.25) is 0 Å². The van der Waals surface area contributed by atoms with Crippen molar-refractivity contribution in [3.8, 4) is 11.5 Å². The summed E-state index contributed by atoms with van der Waals surface area (Å²) in [6.45, 7) is 1.07. The maximum atomic E-state index is 13.2. The molecule has 0 fully saturated rings. The largest absolute Gasteiger partial charge is 0.486 e. The number of hydrogen-bond donors (Lipinski definition) is 1. The number of benzene rings is 3. The summed E-state index contributed by atoms with van der Waals surface area (Å²) in [5.41, 5.74) is 1.40. The van der Waals surface area contributed by atoms with Crippen LogP contribution in [0.4, 0.5) is 11.4 Å². The summed E-state index contributed by atoms with van der Waals surface area (Å²) in [5.74, 6) is 0.286. The molecule has 1 N–H and O–H groups in total. The van der Waals surface area contributed by atoms with Gasteiger partial charge in [0.1, 0.15) is 18.9 Å². The second kappa shape index (κ2) is 9.62. The van der Waals surface area contributed by atoms with Crippen LogP contribution >= 0.6 is 0 Å². The lowest BCUT2D eigenvalue weighted by Crippen LogP contribution is -2.26. The Labute approximate surface area is 196 Å². The van der Waals surface area contributed by atoms with Gasteiger partial charge in [0.15, 0.2) is 17.3 Å². The number of ether oxygens (including phenoxy) is 2. The number of ketones is 1. The number of hydrogen-bond acceptors (Lipinski definition) is 7. The number of carbonyl (C=O) groups is 2. The number of nitro groups is 1. The summed E-state index contributed by atoms with van der Waals surface area (Å²) in [4.78, 5) is 38.8. The number of amides is 1. The van der Waals surface area contributed by atoms with E-state index in [0.717, 1.165) is 5.56 Å². The van der Waals surface area contributed by atoms with Gasteiger partial charge in [-0.2, -0.15) is 0 Å². The van der Waals surface area contributed by atoms with E-state index in [0.29, 0.717) is 30.4 Å². The van der Waals surface area contributed by atoms with Crippen LogP contribution in [0.25, 0.3) is 0 Å². The third-order valence-electron chi connectivity index (χ3n) is 5.42. The minimum Gasteiger partial charge on any atom is -0.486 e. The van der Waals surface area contributed by atoms with Gasteiger partial charge in [-0.1, -0.05) is 30.3 Å². The van der Waals surface area contributed by atoms with Crippen LogP contribution in [0.3, 0.4) is 0 Å². The standard InChI is InChI=1S/C25H23N3O6/c1-27(2)20-11-10-16(14-21(20)28(31)32)23(29)18-7-3-4-8-19(18)25(30)26-15-17-6-5-9-22-24(17)34-13-12-33-22/h3-11,14H,12-13,15H2,1-2H3,(H,26,30). The molecule has 3 aromatic rings. The van der Waals surface area contributed by atoms with E-state index < -0.39 is 16.6 Å². The first-order valence-electron chi connectivity index (χ1n) is 10.6. The minimum absolute atomic E-state index is 0.125. The van der Waals surface area contributed by atoms with E-state index >= 15 is 0 Å². The summed E-state index contributed by atoms with van der Waals surface area (Å²) in [6, 6.07) is 16.1. The first-order chi connectivity index (χ1) is 16.4. The molecule has 0 aliphatic carbocycles. The van der Waals surface area contributed by atoms with Crippen LogP contribution in [0, 0.1) is 10.1 Å². The van der Waals surface area contributed by atoms with Crippen molar-refractivity contribution in [3.05, 3.63) is 93.0 Å². The molecule has 9 heteroatoms. The lowest BCUT2D eigenvalue weighted by molar-refractivity contribution is -0.384. The zero-order chi connectivity index (χ0) is 24.2. The van der Waals surface area contributed by atoms with Crippen LogP contribution in [0.15, 0.2) is 60.7 Å². The molecule has 3 aromatic carbocycles. The molecule has 1 aliphatic heterocycles. The number of carbonyl (C=O) groups excluding carboxylic acids is 2. The number of para-hydroxylation sites is 1. The lowest BCUT2D eigenvalue weighted by atomic mass is 9.97. The minimum atomic E-state index is -0.531. The fourth-order valence-corrected chi connectivity index (χ4v) is 3.77. The highest BCUT2D eigenvalue weighted by atomic mass is 16.6. The van der Waals surface area contributed by atoms with E-state index in [1.807, 2.05) is 12.1 Å². The molecule has 0 atom stereocenters. The smallest absolute Gasteiger partial charge is 0.293 e. The van der Waals surface area contributed by atoms with E-state index in [4.69, 9.17) is 9.47 Å². The highest BCUT2D eigenvalue weighted by molar-refractivity contribution is 6.15. The van der Waals surface area contributed by atoms with Crippen LogP contribution < -0.4 is 19.7 Å². The van der Waals surface area contributed by atoms with Gasteiger partial charge in [0, 0.05) is 43.4 Å². The molecule has 0 saturated carbocycles. The number of nitro benzene ring substituents is 1. The van der Waals surface area contributed by atoms with Crippen molar-refractivity contribution in [1.82, 2.24) is 5.32 Å². The average molecular weight is 461 g/mol. The molecule has 174 valence electrons. The average Bonchev–Trinajstić information content (AvgIpc) is 2.86. The number of nitrogens with one attached hydrogen (secondary N) is 1. The molecule has 1 aliphatic rings. The highest BCUT2D eigenvalue weighted by Crippen LogP contribution is 2.33. The van der Waals surface area contributed by atoms with Gasteiger partial charge in [0.05, 0.1) is 10.5 Å². The Morgan fingerprint density at radius 1 is 1.00 bits per heavy atom. The van der Waals surface area contributed by atoms with Crippen molar-refractivity contribution in [3.63, 3.8) is 0 Å². The number of rotatable bonds is 7. The Bertz CT molecular complexity index is 1270. The van der Waals surface area contributed by atoms with Crippen molar-refractivity contribution in [1.29, 1.82) is 0 Å². The molecule has 34 heavy (non-hydrogen) atoms. The second-order valence-electron chi connectivity index (χ2n) is 7.85. The Hall–Kier alpha value is -4.40.